The third-order valence-electron chi connectivity index (χ3n) is 11.4. The third kappa shape index (κ3) is 12.9. The van der Waals surface area contributed by atoms with E-state index >= 15 is 0 Å². The molecule has 342 valence electrons. The standard InChI is InChI=1S/C42H57N3O14S3/c1-41(20-11-27-60(49,50)51)34-29-32(43(31-46)23-25-58-3)16-18-36(34)44(22-10-6-9-15-40(47)48)38(41)13-7-5-8-14-39-42(2,21-12-28-61(52,53)54)35-30-33(62(55,56)57)17-19-37(35)45(39)24-26-59-4/h5,7-8,13-14,16-19,29-31H,6,9-12,15,20-28H2,1-4H3,(H3-,47,48,49,50,51,52,53,54,55,56,57)/p+1. The number of nitrogens with zero attached hydrogens (tertiary/aromatic N) is 3. The van der Waals surface area contributed by atoms with E-state index in [4.69, 9.17) is 9.47 Å². The number of methoxy groups -OCH3 is 2. The molecule has 17 nitrogen and oxygen atoms in total. The van der Waals surface area contributed by atoms with Crippen LogP contribution < -0.4 is 9.80 Å². The maximum absolute atomic E-state index is 12.2. The molecule has 0 fully saturated rings. The number of benzene rings is 2. The van der Waals surface area contributed by atoms with E-state index in [0.29, 0.717) is 67.8 Å². The number of rotatable bonds is 26. The van der Waals surface area contributed by atoms with Crippen LogP contribution in [0.25, 0.3) is 0 Å². The number of aliphatic carboxylic acids is 1. The molecule has 0 saturated heterocycles. The number of hydrogen-bond acceptors (Lipinski definition) is 11. The summed E-state index contributed by atoms with van der Waals surface area (Å²) < 4.78 is 113. The summed E-state index contributed by atoms with van der Waals surface area (Å²) in [5.74, 6) is -1.88. The van der Waals surface area contributed by atoms with Crippen LogP contribution >= 0.6 is 0 Å². The Morgan fingerprint density at radius 2 is 1.47 bits per heavy atom. The fraction of sp³-hybridized carbons (Fsp3) is 0.500. The van der Waals surface area contributed by atoms with E-state index in [1.807, 2.05) is 55.2 Å². The van der Waals surface area contributed by atoms with Crippen molar-refractivity contribution in [2.24, 2.45) is 0 Å². The zero-order valence-corrected chi connectivity index (χ0v) is 37.9. The Hall–Kier alpha value is -4.28. The van der Waals surface area contributed by atoms with Gasteiger partial charge in [0.25, 0.3) is 30.4 Å². The lowest BCUT2D eigenvalue weighted by Crippen LogP contribution is -2.32. The highest BCUT2D eigenvalue weighted by molar-refractivity contribution is 7.86. The van der Waals surface area contributed by atoms with Gasteiger partial charge in [-0.05, 0) is 94.3 Å². The molecular formula is C42H58N3O14S3+. The summed E-state index contributed by atoms with van der Waals surface area (Å²) in [5.41, 5.74) is 3.09. The van der Waals surface area contributed by atoms with Crippen LogP contribution in [0.3, 0.4) is 0 Å². The van der Waals surface area contributed by atoms with Crippen molar-refractivity contribution in [3.63, 3.8) is 0 Å². The molecule has 1 amide bonds. The molecule has 2 aliphatic rings. The second-order valence-corrected chi connectivity index (χ2v) is 20.3. The number of carboxylic acid groups (broad SMARTS) is 1. The van der Waals surface area contributed by atoms with Gasteiger partial charge in [0.15, 0.2) is 5.71 Å². The minimum absolute atomic E-state index is 0.0301. The van der Waals surface area contributed by atoms with Crippen molar-refractivity contribution in [1.29, 1.82) is 0 Å². The van der Waals surface area contributed by atoms with Gasteiger partial charge in [0.05, 0.1) is 35.0 Å². The zero-order valence-electron chi connectivity index (χ0n) is 35.5. The first kappa shape index (κ1) is 50.4. The average molecular weight is 925 g/mol. The number of fused-ring (bicyclic) bond motifs is 2. The number of hydrogen-bond donors (Lipinski definition) is 4. The fourth-order valence-electron chi connectivity index (χ4n) is 8.33. The molecule has 2 aromatic carbocycles. The molecule has 0 aromatic heterocycles. The number of amides is 1. The first-order chi connectivity index (χ1) is 29.1. The van der Waals surface area contributed by atoms with Crippen molar-refractivity contribution in [3.05, 3.63) is 83.6 Å². The maximum Gasteiger partial charge on any atom is 0.303 e. The molecule has 2 aromatic rings. The highest BCUT2D eigenvalue weighted by Crippen LogP contribution is 2.51. The van der Waals surface area contributed by atoms with Crippen LogP contribution in [0, 0.1) is 0 Å². The van der Waals surface area contributed by atoms with Crippen LogP contribution in [-0.2, 0) is 60.2 Å². The quantitative estimate of drug-likeness (QED) is 0.0308. The molecule has 2 aliphatic heterocycles. The molecule has 2 atom stereocenters. The van der Waals surface area contributed by atoms with Crippen LogP contribution in [0.5, 0.6) is 0 Å². The van der Waals surface area contributed by atoms with Gasteiger partial charge >= 0.3 is 5.97 Å². The largest absolute Gasteiger partial charge is 0.481 e. The summed E-state index contributed by atoms with van der Waals surface area (Å²) in [5, 5.41) is 9.19. The van der Waals surface area contributed by atoms with Crippen LogP contribution in [0.15, 0.2) is 77.4 Å². The molecule has 2 unspecified atom stereocenters. The highest BCUT2D eigenvalue weighted by atomic mass is 32.2. The number of ether oxygens (including phenoxy) is 2. The summed E-state index contributed by atoms with van der Waals surface area (Å²) in [4.78, 5) is 26.5. The van der Waals surface area contributed by atoms with E-state index in [9.17, 15) is 53.6 Å². The van der Waals surface area contributed by atoms with Gasteiger partial charge in [-0.25, -0.2) is 0 Å². The number of allylic oxidation sites excluding steroid dienone is 6. The van der Waals surface area contributed by atoms with Crippen LogP contribution in [0.4, 0.5) is 17.1 Å². The van der Waals surface area contributed by atoms with Crippen molar-refractivity contribution in [2.75, 3.05) is 68.4 Å². The summed E-state index contributed by atoms with van der Waals surface area (Å²) in [6.45, 7) is 5.50. The van der Waals surface area contributed by atoms with E-state index in [1.165, 1.54) is 31.3 Å². The average Bonchev–Trinajstić information content (AvgIpc) is 3.55. The van der Waals surface area contributed by atoms with Gasteiger partial charge in [-0.1, -0.05) is 18.2 Å². The van der Waals surface area contributed by atoms with Gasteiger partial charge in [0, 0.05) is 80.3 Å². The number of unbranched alkanes of at least 4 members (excludes halogenated alkanes) is 2. The second kappa shape index (κ2) is 21.4. The van der Waals surface area contributed by atoms with Crippen LogP contribution in [0.1, 0.15) is 76.3 Å². The number of carbonyl (C=O) groups excluding carboxylic acids is 1. The SMILES string of the molecule is COCCN(C=O)c1ccc2c(c1)C(C)(CCCS(=O)(=O)O)C(C=CC=CC=C1N(CCOC)c3ccc(S(=O)(=O)O)cc3C1(C)CCCS(=O)(=O)O)=[N+]2CCCCCC(=O)O. The normalized spacial score (nSPS) is 19.9. The monoisotopic (exact) mass is 924 g/mol. The van der Waals surface area contributed by atoms with E-state index in [-0.39, 0.29) is 50.3 Å². The van der Waals surface area contributed by atoms with E-state index in [1.54, 1.807) is 18.2 Å². The number of anilines is 2. The van der Waals surface area contributed by atoms with Crippen molar-refractivity contribution >= 4 is 65.5 Å². The van der Waals surface area contributed by atoms with Crippen molar-refractivity contribution in [1.82, 2.24) is 0 Å². The molecule has 0 bridgehead atoms. The minimum atomic E-state index is -4.59. The van der Waals surface area contributed by atoms with Gasteiger partial charge in [0.2, 0.25) is 12.1 Å². The van der Waals surface area contributed by atoms with Gasteiger partial charge in [0.1, 0.15) is 6.54 Å². The first-order valence-corrected chi connectivity index (χ1v) is 24.8. The highest BCUT2D eigenvalue weighted by Gasteiger charge is 2.48. The Balaban J connectivity index is 1.83. The molecule has 0 radical (unpaired) electrons. The van der Waals surface area contributed by atoms with E-state index in [0.717, 1.165) is 17.0 Å². The van der Waals surface area contributed by atoms with Gasteiger partial charge in [-0.15, -0.1) is 0 Å². The lowest BCUT2D eigenvalue weighted by Gasteiger charge is -2.30. The lowest BCUT2D eigenvalue weighted by atomic mass is 9.75. The Morgan fingerprint density at radius 3 is 2.06 bits per heavy atom. The maximum atomic E-state index is 12.2. The van der Waals surface area contributed by atoms with Crippen LogP contribution in [0.2, 0.25) is 0 Å². The summed E-state index contributed by atoms with van der Waals surface area (Å²) in [7, 11) is -10.1. The minimum Gasteiger partial charge on any atom is -0.481 e. The number of carbonyl (C=O) groups is 2. The molecule has 0 spiro atoms. The Bertz CT molecular complexity index is 2410. The molecule has 20 heteroatoms. The zero-order chi connectivity index (χ0) is 45.9. The molecule has 2 heterocycles. The molecule has 4 N–H and O–H groups in total. The van der Waals surface area contributed by atoms with Crippen molar-refractivity contribution in [2.45, 2.75) is 80.9 Å². The predicted molar refractivity (Wildman–Crippen MR) is 235 cm³/mol. The van der Waals surface area contributed by atoms with Crippen LogP contribution in [-0.4, -0.2) is 125 Å². The summed E-state index contributed by atoms with van der Waals surface area (Å²) in [6.07, 6.45) is 12.2. The smallest absolute Gasteiger partial charge is 0.303 e. The topological polar surface area (TPSA) is 245 Å². The molecule has 4 rings (SSSR count). The fourth-order valence-corrected chi connectivity index (χ4v) is 9.86. The molecule has 62 heavy (non-hydrogen) atoms. The lowest BCUT2D eigenvalue weighted by molar-refractivity contribution is -0.438. The molecule has 0 aliphatic carbocycles. The predicted octanol–water partition coefficient (Wildman–Crippen LogP) is 5.30. The summed E-state index contributed by atoms with van der Waals surface area (Å²) in [6, 6.07) is 9.84. The van der Waals surface area contributed by atoms with Gasteiger partial charge < -0.3 is 24.4 Å². The van der Waals surface area contributed by atoms with E-state index < -0.39 is 58.7 Å². The second-order valence-electron chi connectivity index (χ2n) is 15.8. The van der Waals surface area contributed by atoms with E-state index in [2.05, 4.69) is 4.58 Å². The van der Waals surface area contributed by atoms with Crippen molar-refractivity contribution < 1.29 is 67.7 Å². The molecular weight excluding hydrogens is 867 g/mol. The molecule has 0 saturated carbocycles. The van der Waals surface area contributed by atoms with Gasteiger partial charge in [-0.3, -0.25) is 23.2 Å². The Kier molecular flexibility index (Phi) is 17.4. The Morgan fingerprint density at radius 1 is 0.806 bits per heavy atom. The van der Waals surface area contributed by atoms with Crippen molar-refractivity contribution in [3.8, 4) is 0 Å². The van der Waals surface area contributed by atoms with Gasteiger partial charge in [-0.2, -0.15) is 29.8 Å². The number of carboxylic acids is 1. The summed E-state index contributed by atoms with van der Waals surface area (Å²) >= 11 is 0. The third-order valence-corrected chi connectivity index (χ3v) is 13.9. The Labute approximate surface area is 364 Å². The first-order valence-electron chi connectivity index (χ1n) is 20.2.